The fourth-order valence-corrected chi connectivity index (χ4v) is 1.58. The molecule has 4 N–H and O–H groups in total. The van der Waals surface area contributed by atoms with Crippen molar-refractivity contribution >= 4 is 0 Å². The summed E-state index contributed by atoms with van der Waals surface area (Å²) in [7, 11) is 0. The maximum atomic E-state index is 9.60. The van der Waals surface area contributed by atoms with Crippen LogP contribution < -0.4 is 0 Å². The SMILES string of the molecule is [N-]=[N+]=NCCCO[C@H]1OC(CO)[C@@H](O)[C@H](O)C1O. The Bertz CT molecular complexity index is 296. The summed E-state index contributed by atoms with van der Waals surface area (Å²) in [5.74, 6) is 0. The van der Waals surface area contributed by atoms with Gasteiger partial charge < -0.3 is 29.9 Å². The number of hydrogen-bond donors (Lipinski definition) is 4. The van der Waals surface area contributed by atoms with Gasteiger partial charge >= 0.3 is 0 Å². The maximum Gasteiger partial charge on any atom is 0.186 e. The van der Waals surface area contributed by atoms with E-state index in [1.54, 1.807) is 0 Å². The summed E-state index contributed by atoms with van der Waals surface area (Å²) < 4.78 is 10.3. The minimum Gasteiger partial charge on any atom is -0.394 e. The molecule has 0 amide bonds. The topological polar surface area (TPSA) is 148 Å². The van der Waals surface area contributed by atoms with E-state index in [0.717, 1.165) is 0 Å². The molecule has 0 aromatic carbocycles. The number of aliphatic hydroxyl groups is 4. The molecule has 1 aliphatic heterocycles. The Labute approximate surface area is 103 Å². The molecule has 9 heteroatoms. The Balaban J connectivity index is 2.41. The third kappa shape index (κ3) is 3.79. The van der Waals surface area contributed by atoms with Gasteiger partial charge in [0.05, 0.1) is 6.61 Å². The Morgan fingerprint density at radius 2 is 1.94 bits per heavy atom. The quantitative estimate of drug-likeness (QED) is 0.198. The highest BCUT2D eigenvalue weighted by Crippen LogP contribution is 2.21. The van der Waals surface area contributed by atoms with Gasteiger partial charge in [-0.1, -0.05) is 5.11 Å². The first-order chi connectivity index (χ1) is 8.61. The molecule has 18 heavy (non-hydrogen) atoms. The summed E-state index contributed by atoms with van der Waals surface area (Å²) in [6.07, 6.45) is -5.93. The summed E-state index contributed by atoms with van der Waals surface area (Å²) in [4.78, 5) is 2.56. The van der Waals surface area contributed by atoms with Gasteiger partial charge in [-0.05, 0) is 12.0 Å². The number of ether oxygens (including phenoxy) is 2. The zero-order valence-electron chi connectivity index (χ0n) is 9.66. The van der Waals surface area contributed by atoms with E-state index in [2.05, 4.69) is 10.0 Å². The van der Waals surface area contributed by atoms with Gasteiger partial charge in [0.15, 0.2) is 6.29 Å². The fourth-order valence-electron chi connectivity index (χ4n) is 1.58. The predicted molar refractivity (Wildman–Crippen MR) is 58.3 cm³/mol. The number of hydrogen-bond acceptors (Lipinski definition) is 7. The van der Waals surface area contributed by atoms with Crippen LogP contribution in [0.5, 0.6) is 0 Å². The third-order valence-electron chi connectivity index (χ3n) is 2.60. The van der Waals surface area contributed by atoms with Crippen molar-refractivity contribution in [3.63, 3.8) is 0 Å². The molecule has 104 valence electrons. The van der Waals surface area contributed by atoms with Crippen molar-refractivity contribution in [1.82, 2.24) is 0 Å². The lowest BCUT2D eigenvalue weighted by molar-refractivity contribution is -0.301. The average Bonchev–Trinajstić information content (AvgIpc) is 2.38. The molecule has 9 nitrogen and oxygen atoms in total. The van der Waals surface area contributed by atoms with Crippen molar-refractivity contribution < 1.29 is 29.9 Å². The van der Waals surface area contributed by atoms with Crippen LogP contribution in [0, 0.1) is 0 Å². The number of aliphatic hydroxyl groups excluding tert-OH is 4. The van der Waals surface area contributed by atoms with Crippen LogP contribution in [0.3, 0.4) is 0 Å². The number of azide groups is 1. The Morgan fingerprint density at radius 1 is 1.22 bits per heavy atom. The second-order valence-electron chi connectivity index (χ2n) is 3.88. The van der Waals surface area contributed by atoms with E-state index in [1.165, 1.54) is 0 Å². The van der Waals surface area contributed by atoms with Crippen LogP contribution >= 0.6 is 0 Å². The Morgan fingerprint density at radius 3 is 2.56 bits per heavy atom. The van der Waals surface area contributed by atoms with Gasteiger partial charge in [-0.3, -0.25) is 0 Å². The Hall–Kier alpha value is -0.930. The van der Waals surface area contributed by atoms with E-state index >= 15 is 0 Å². The van der Waals surface area contributed by atoms with Crippen LogP contribution in [0.15, 0.2) is 5.11 Å². The molecular formula is C9H17N3O6. The normalized spacial score (nSPS) is 36.1. The molecule has 2 unspecified atom stereocenters. The lowest BCUT2D eigenvalue weighted by Gasteiger charge is -2.39. The minimum atomic E-state index is -1.45. The zero-order chi connectivity index (χ0) is 13.5. The molecule has 1 aliphatic rings. The summed E-state index contributed by atoms with van der Waals surface area (Å²) in [5.41, 5.74) is 8.05. The van der Waals surface area contributed by atoms with Gasteiger partial charge in [0.25, 0.3) is 0 Å². The van der Waals surface area contributed by atoms with Gasteiger partial charge in [0.1, 0.15) is 24.4 Å². The van der Waals surface area contributed by atoms with Crippen molar-refractivity contribution in [1.29, 1.82) is 0 Å². The van der Waals surface area contributed by atoms with Gasteiger partial charge in [-0.25, -0.2) is 0 Å². The predicted octanol–water partition coefficient (Wildman–Crippen LogP) is -1.50. The molecule has 0 saturated carbocycles. The molecule has 0 radical (unpaired) electrons. The number of rotatable bonds is 6. The van der Waals surface area contributed by atoms with Crippen LogP contribution in [-0.2, 0) is 9.47 Å². The standard InChI is InChI=1S/C9H17N3O6/c10-12-11-2-1-3-17-9-8(16)7(15)6(14)5(4-13)18-9/h5-9,13-16H,1-4H2/t5?,6-,7+,8?,9+/m1/s1. The molecular weight excluding hydrogens is 246 g/mol. The molecule has 5 atom stereocenters. The molecule has 1 saturated heterocycles. The van der Waals surface area contributed by atoms with Gasteiger partial charge in [0.2, 0.25) is 0 Å². The zero-order valence-corrected chi connectivity index (χ0v) is 9.66. The van der Waals surface area contributed by atoms with E-state index in [0.29, 0.717) is 6.42 Å². The van der Waals surface area contributed by atoms with Crippen LogP contribution in [0.25, 0.3) is 10.4 Å². The van der Waals surface area contributed by atoms with Crippen molar-refractivity contribution in [2.75, 3.05) is 19.8 Å². The first kappa shape index (κ1) is 15.1. The Kier molecular flexibility index (Phi) is 6.30. The minimum absolute atomic E-state index is 0.154. The highest BCUT2D eigenvalue weighted by Gasteiger charge is 2.43. The van der Waals surface area contributed by atoms with Crippen LogP contribution in [-0.4, -0.2) is 70.9 Å². The maximum absolute atomic E-state index is 9.60. The molecule has 0 spiro atoms. The van der Waals surface area contributed by atoms with Crippen molar-refractivity contribution in [2.24, 2.45) is 5.11 Å². The van der Waals surface area contributed by atoms with E-state index in [-0.39, 0.29) is 13.2 Å². The molecule has 0 aromatic heterocycles. The van der Waals surface area contributed by atoms with Gasteiger partial charge in [-0.15, -0.1) is 0 Å². The van der Waals surface area contributed by atoms with E-state index in [9.17, 15) is 15.3 Å². The molecule has 0 aromatic rings. The van der Waals surface area contributed by atoms with Crippen LogP contribution in [0.4, 0.5) is 0 Å². The smallest absolute Gasteiger partial charge is 0.186 e. The first-order valence-electron chi connectivity index (χ1n) is 5.54. The summed E-state index contributed by atoms with van der Waals surface area (Å²) >= 11 is 0. The monoisotopic (exact) mass is 263 g/mol. The van der Waals surface area contributed by atoms with Crippen molar-refractivity contribution in [3.05, 3.63) is 10.4 Å². The molecule has 1 fully saturated rings. The van der Waals surface area contributed by atoms with E-state index < -0.39 is 37.3 Å². The third-order valence-corrected chi connectivity index (χ3v) is 2.60. The second kappa shape index (κ2) is 7.49. The lowest BCUT2D eigenvalue weighted by atomic mass is 9.99. The van der Waals surface area contributed by atoms with Gasteiger partial charge in [-0.2, -0.15) is 0 Å². The highest BCUT2D eigenvalue weighted by molar-refractivity contribution is 4.88. The summed E-state index contributed by atoms with van der Waals surface area (Å²) in [5, 5.41) is 40.8. The van der Waals surface area contributed by atoms with Gasteiger partial charge in [0, 0.05) is 18.1 Å². The first-order valence-corrected chi connectivity index (χ1v) is 5.54. The summed E-state index contributed by atoms with van der Waals surface area (Å²) in [6.45, 7) is -0.0981. The van der Waals surface area contributed by atoms with Crippen molar-refractivity contribution in [2.45, 2.75) is 37.1 Å². The van der Waals surface area contributed by atoms with E-state index in [1.807, 2.05) is 0 Å². The molecule has 1 rings (SSSR count). The molecule has 0 aliphatic carbocycles. The van der Waals surface area contributed by atoms with Crippen molar-refractivity contribution in [3.8, 4) is 0 Å². The van der Waals surface area contributed by atoms with Crippen LogP contribution in [0.1, 0.15) is 6.42 Å². The van der Waals surface area contributed by atoms with E-state index in [4.69, 9.17) is 20.1 Å². The fraction of sp³-hybridized carbons (Fsp3) is 1.00. The summed E-state index contributed by atoms with van der Waals surface area (Å²) in [6, 6.07) is 0. The second-order valence-corrected chi connectivity index (χ2v) is 3.88. The lowest BCUT2D eigenvalue weighted by Crippen LogP contribution is -2.59. The highest BCUT2D eigenvalue weighted by atomic mass is 16.7. The largest absolute Gasteiger partial charge is 0.394 e. The molecule has 0 bridgehead atoms. The number of nitrogens with zero attached hydrogens (tertiary/aromatic N) is 3. The molecule has 1 heterocycles. The van der Waals surface area contributed by atoms with Crippen LogP contribution in [0.2, 0.25) is 0 Å². The average molecular weight is 263 g/mol.